The summed E-state index contributed by atoms with van der Waals surface area (Å²) in [4.78, 5) is 25.0. The molecule has 1 amide bonds. The first-order valence-electron chi connectivity index (χ1n) is 5.78. The van der Waals surface area contributed by atoms with Gasteiger partial charge in [0.1, 0.15) is 6.10 Å². The zero-order valence-electron chi connectivity index (χ0n) is 9.73. The monoisotopic (exact) mass is 226 g/mol. The number of nitrogens with one attached hydrogen (secondary N) is 1. The van der Waals surface area contributed by atoms with Gasteiger partial charge in [0.05, 0.1) is 18.5 Å². The van der Waals surface area contributed by atoms with E-state index in [9.17, 15) is 9.59 Å². The largest absolute Gasteiger partial charge is 0.460 e. The zero-order valence-corrected chi connectivity index (χ0v) is 9.73. The second kappa shape index (κ2) is 4.41. The van der Waals surface area contributed by atoms with Crippen molar-refractivity contribution in [3.8, 4) is 0 Å². The molecule has 0 radical (unpaired) electrons. The molecular weight excluding hydrogens is 208 g/mol. The van der Waals surface area contributed by atoms with Crippen molar-refractivity contribution in [1.29, 1.82) is 0 Å². The maximum atomic E-state index is 11.9. The third kappa shape index (κ3) is 2.19. The highest BCUT2D eigenvalue weighted by Crippen LogP contribution is 2.18. The van der Waals surface area contributed by atoms with E-state index in [4.69, 9.17) is 4.74 Å². The summed E-state index contributed by atoms with van der Waals surface area (Å²) in [5, 5.41) is 2.90. The van der Waals surface area contributed by atoms with Crippen molar-refractivity contribution in [1.82, 2.24) is 10.2 Å². The van der Waals surface area contributed by atoms with Crippen LogP contribution in [0.4, 0.5) is 0 Å². The van der Waals surface area contributed by atoms with Crippen LogP contribution in [-0.2, 0) is 14.3 Å². The number of hydrogen-bond acceptors (Lipinski definition) is 4. The Labute approximate surface area is 95.1 Å². The fourth-order valence-corrected chi connectivity index (χ4v) is 2.37. The van der Waals surface area contributed by atoms with Gasteiger partial charge < -0.3 is 10.1 Å². The van der Waals surface area contributed by atoms with Crippen LogP contribution in [0.2, 0.25) is 0 Å². The lowest BCUT2D eigenvalue weighted by molar-refractivity contribution is -0.141. The van der Waals surface area contributed by atoms with Crippen LogP contribution in [-0.4, -0.2) is 48.6 Å². The molecule has 2 saturated heterocycles. The molecule has 16 heavy (non-hydrogen) atoms. The van der Waals surface area contributed by atoms with E-state index in [0.717, 1.165) is 19.4 Å². The molecule has 2 aliphatic heterocycles. The van der Waals surface area contributed by atoms with Crippen molar-refractivity contribution in [2.24, 2.45) is 0 Å². The first-order valence-corrected chi connectivity index (χ1v) is 5.78. The predicted octanol–water partition coefficient (Wildman–Crippen LogP) is -0.0992. The maximum Gasteiger partial charge on any atom is 0.308 e. The van der Waals surface area contributed by atoms with Crippen LogP contribution >= 0.6 is 0 Å². The van der Waals surface area contributed by atoms with E-state index < -0.39 is 0 Å². The Morgan fingerprint density at radius 2 is 2.31 bits per heavy atom. The smallest absolute Gasteiger partial charge is 0.308 e. The van der Waals surface area contributed by atoms with Crippen molar-refractivity contribution in [2.45, 2.75) is 44.4 Å². The van der Waals surface area contributed by atoms with Gasteiger partial charge in [-0.2, -0.15) is 0 Å². The highest BCUT2D eigenvalue weighted by molar-refractivity contribution is 5.83. The minimum Gasteiger partial charge on any atom is -0.460 e. The molecule has 5 heteroatoms. The van der Waals surface area contributed by atoms with Gasteiger partial charge in [-0.25, -0.2) is 0 Å². The summed E-state index contributed by atoms with van der Waals surface area (Å²) < 4.78 is 5.00. The minimum atomic E-state index is -0.224. The Bertz CT molecular complexity index is 306. The normalized spacial score (nSPS) is 35.1. The molecular formula is C11H18N2O3. The number of cyclic esters (lactones) is 1. The van der Waals surface area contributed by atoms with Crippen LogP contribution < -0.4 is 5.32 Å². The van der Waals surface area contributed by atoms with Gasteiger partial charge >= 0.3 is 5.97 Å². The Morgan fingerprint density at radius 3 is 2.81 bits per heavy atom. The van der Waals surface area contributed by atoms with Gasteiger partial charge in [0.15, 0.2) is 0 Å². The molecule has 1 N–H and O–H groups in total. The molecule has 0 saturated carbocycles. The summed E-state index contributed by atoms with van der Waals surface area (Å²) in [6.07, 6.45) is 2.05. The third-order valence-corrected chi connectivity index (χ3v) is 3.42. The minimum absolute atomic E-state index is 0.0233. The van der Waals surface area contributed by atoms with Crippen molar-refractivity contribution in [2.75, 3.05) is 13.6 Å². The molecule has 0 aromatic rings. The first-order chi connectivity index (χ1) is 7.58. The number of hydrogen-bond donors (Lipinski definition) is 1. The van der Waals surface area contributed by atoms with Crippen LogP contribution in [0.15, 0.2) is 0 Å². The quantitative estimate of drug-likeness (QED) is 0.668. The summed E-state index contributed by atoms with van der Waals surface area (Å²) >= 11 is 0. The average molecular weight is 226 g/mol. The number of amides is 1. The number of likely N-dealkylation sites (tertiary alicyclic amines) is 1. The van der Waals surface area contributed by atoms with Crippen molar-refractivity contribution >= 4 is 11.9 Å². The topological polar surface area (TPSA) is 58.6 Å². The lowest BCUT2D eigenvalue weighted by Crippen LogP contribution is -2.47. The number of esters is 1. The molecule has 2 heterocycles. The molecule has 5 nitrogen and oxygen atoms in total. The van der Waals surface area contributed by atoms with E-state index in [1.54, 1.807) is 0 Å². The number of carbonyl (C=O) groups is 2. The predicted molar refractivity (Wildman–Crippen MR) is 57.8 cm³/mol. The molecule has 3 unspecified atom stereocenters. The molecule has 2 rings (SSSR count). The van der Waals surface area contributed by atoms with E-state index in [1.165, 1.54) is 0 Å². The van der Waals surface area contributed by atoms with Gasteiger partial charge in [-0.15, -0.1) is 0 Å². The molecule has 3 atom stereocenters. The van der Waals surface area contributed by atoms with Crippen molar-refractivity contribution in [3.05, 3.63) is 0 Å². The van der Waals surface area contributed by atoms with Gasteiger partial charge in [0.2, 0.25) is 5.91 Å². The summed E-state index contributed by atoms with van der Waals surface area (Å²) in [6, 6.07) is -0.197. The summed E-state index contributed by atoms with van der Waals surface area (Å²) in [5.41, 5.74) is 0. The number of carbonyl (C=O) groups excluding carboxylic acids is 2. The van der Waals surface area contributed by atoms with Crippen LogP contribution in [0.5, 0.6) is 0 Å². The number of rotatable bonds is 2. The first kappa shape index (κ1) is 11.4. The molecule has 0 spiro atoms. The van der Waals surface area contributed by atoms with Crippen LogP contribution in [0.25, 0.3) is 0 Å². The van der Waals surface area contributed by atoms with Crippen LogP contribution in [0.3, 0.4) is 0 Å². The van der Waals surface area contributed by atoms with E-state index >= 15 is 0 Å². The van der Waals surface area contributed by atoms with Gasteiger partial charge in [-0.1, -0.05) is 0 Å². The highest BCUT2D eigenvalue weighted by Gasteiger charge is 2.35. The number of ether oxygens (including phenoxy) is 1. The SMILES string of the molecule is CC1OC(=O)CC1NC(=O)C1CCCN1C. The summed E-state index contributed by atoms with van der Waals surface area (Å²) in [7, 11) is 1.96. The lowest BCUT2D eigenvalue weighted by atomic mass is 10.1. The molecule has 2 fully saturated rings. The van der Waals surface area contributed by atoms with E-state index in [0.29, 0.717) is 6.42 Å². The molecule has 0 aromatic carbocycles. The Morgan fingerprint density at radius 1 is 1.56 bits per heavy atom. The summed E-state index contributed by atoms with van der Waals surface area (Å²) in [5.74, 6) is -0.201. The number of nitrogens with zero attached hydrogens (tertiary/aromatic N) is 1. The highest BCUT2D eigenvalue weighted by atomic mass is 16.6. The van der Waals surface area contributed by atoms with E-state index in [1.807, 2.05) is 14.0 Å². The third-order valence-electron chi connectivity index (χ3n) is 3.42. The van der Waals surface area contributed by atoms with Crippen molar-refractivity contribution in [3.63, 3.8) is 0 Å². The zero-order chi connectivity index (χ0) is 11.7. The molecule has 0 bridgehead atoms. The van der Waals surface area contributed by atoms with Gasteiger partial charge in [0, 0.05) is 0 Å². The van der Waals surface area contributed by atoms with E-state index in [2.05, 4.69) is 10.2 Å². The molecule has 0 aromatic heterocycles. The van der Waals surface area contributed by atoms with Crippen LogP contribution in [0, 0.1) is 0 Å². The molecule has 90 valence electrons. The van der Waals surface area contributed by atoms with Gasteiger partial charge in [-0.3, -0.25) is 14.5 Å². The van der Waals surface area contributed by atoms with Crippen LogP contribution in [0.1, 0.15) is 26.2 Å². The Hall–Kier alpha value is -1.10. The number of likely N-dealkylation sites (N-methyl/N-ethyl adjacent to an activating group) is 1. The lowest BCUT2D eigenvalue weighted by Gasteiger charge is -2.22. The molecule has 0 aliphatic carbocycles. The van der Waals surface area contributed by atoms with Gasteiger partial charge in [0.25, 0.3) is 0 Å². The van der Waals surface area contributed by atoms with Crippen molar-refractivity contribution < 1.29 is 14.3 Å². The maximum absolute atomic E-state index is 11.9. The second-order valence-corrected chi connectivity index (χ2v) is 4.65. The molecule has 2 aliphatic rings. The fraction of sp³-hybridized carbons (Fsp3) is 0.818. The Kier molecular flexibility index (Phi) is 3.14. The standard InChI is InChI=1S/C11H18N2O3/c1-7-8(6-10(14)16-7)12-11(15)9-4-3-5-13(9)2/h7-9H,3-6H2,1-2H3,(H,12,15). The van der Waals surface area contributed by atoms with Gasteiger partial charge in [-0.05, 0) is 33.4 Å². The summed E-state index contributed by atoms with van der Waals surface area (Å²) in [6.45, 7) is 2.78. The Balaban J connectivity index is 1.89. The van der Waals surface area contributed by atoms with E-state index in [-0.39, 0.29) is 30.1 Å². The second-order valence-electron chi connectivity index (χ2n) is 4.65. The average Bonchev–Trinajstić information content (AvgIpc) is 2.74. The fourth-order valence-electron chi connectivity index (χ4n) is 2.37.